The summed E-state index contributed by atoms with van der Waals surface area (Å²) in [6.07, 6.45) is -0.736. The maximum Gasteiger partial charge on any atom is 0.336 e. The molecule has 4 atom stereocenters. The number of carboxylic acid groups (broad SMARTS) is 2. The molecule has 0 radical (unpaired) electrons. The summed E-state index contributed by atoms with van der Waals surface area (Å²) in [7, 11) is 0. The van der Waals surface area contributed by atoms with E-state index in [-0.39, 0.29) is 159 Å². The van der Waals surface area contributed by atoms with Crippen LogP contribution in [0.15, 0.2) is 97.1 Å². The monoisotopic (exact) mass is 1160 g/mol. The highest BCUT2D eigenvalue weighted by atomic mass is 16.7. The number of fused-ring (bicyclic) bond motifs is 8. The van der Waals surface area contributed by atoms with E-state index in [9.17, 15) is 59.4 Å². The Balaban J connectivity index is 0.977. The Morgan fingerprint density at radius 3 is 1.01 bits per heavy atom. The van der Waals surface area contributed by atoms with Gasteiger partial charge in [-0.1, -0.05) is 0 Å². The third-order valence-electron chi connectivity index (χ3n) is 17.3. The van der Waals surface area contributed by atoms with Crippen LogP contribution in [-0.4, -0.2) is 65.7 Å². The fourth-order valence-electron chi connectivity index (χ4n) is 14.0. The van der Waals surface area contributed by atoms with Crippen molar-refractivity contribution in [2.75, 3.05) is 0 Å². The van der Waals surface area contributed by atoms with Gasteiger partial charge in [0.25, 0.3) is 11.6 Å². The zero-order chi connectivity index (χ0) is 60.3. The second kappa shape index (κ2) is 16.8. The number of carbonyl (C=O) groups is 6. The average Bonchev–Trinajstić information content (AvgIpc) is 0.695. The molecule has 20 nitrogen and oxygen atoms in total. The first kappa shape index (κ1) is 51.8. The topological polar surface area (TPSA) is 298 Å². The number of rotatable bonds is 6. The molecule has 20 heteroatoms. The molecule has 7 heterocycles. The van der Waals surface area contributed by atoms with Crippen LogP contribution in [0.3, 0.4) is 0 Å². The minimum absolute atomic E-state index is 0.0438. The lowest BCUT2D eigenvalue weighted by Crippen LogP contribution is -2.53. The highest BCUT2D eigenvalue weighted by Gasteiger charge is 2.62. The number of phenols is 4. The molecule has 0 aromatic heterocycles. The van der Waals surface area contributed by atoms with Gasteiger partial charge in [0.2, 0.25) is 0 Å². The molecular weight excluding hydrogens is 1110 g/mol. The second-order valence-corrected chi connectivity index (χ2v) is 22.7. The summed E-state index contributed by atoms with van der Waals surface area (Å²) in [5, 5.41) is 68.6. The number of ketones is 4. The maximum absolute atomic E-state index is 14.1. The van der Waals surface area contributed by atoms with Crippen molar-refractivity contribution in [1.29, 1.82) is 0 Å². The Kier molecular flexibility index (Phi) is 10.1. The van der Waals surface area contributed by atoms with Crippen LogP contribution in [0.2, 0.25) is 0 Å². The molecule has 0 saturated heterocycles. The molecular formula is C66H44O20. The number of Topliss-reactive ketones (excluding diaryl/α,β-unsaturated/α-hetero) is 4. The standard InChI is InChI=1S/C66H44O20/c1-25(67)29-9-15-39-49(57(29)73)45-35(71)13-7-33(61(75)76)53(45)65(83-39)23-63(5)55-43(85-65)21-19-37-47(55)51-41(81-63)17-11-31(27(3)69)59(51)80-60-32(28(4)70)12-18-42-52(60)48-38(79-37)20-22-44-56(48)64(6,82-42)24-66(86-44)54-34(62(77)78)8-14-36(72)46(54)50-40(84-66)16-10-30(26(2)68)58(50)74/h7-22,71-74H,23-24H2,1-6H3,(H,75,76)(H,77,78)/t63-,64-,65-,66+/m0/s1. The van der Waals surface area contributed by atoms with Gasteiger partial charge in [0.1, 0.15) is 91.7 Å². The molecule has 428 valence electrons. The summed E-state index contributed by atoms with van der Waals surface area (Å²) in [5.41, 5.74) is -3.63. The van der Waals surface area contributed by atoms with E-state index < -0.39 is 80.8 Å². The molecule has 86 heavy (non-hydrogen) atoms. The molecule has 8 aromatic carbocycles. The van der Waals surface area contributed by atoms with E-state index in [0.29, 0.717) is 11.1 Å². The van der Waals surface area contributed by atoms with Gasteiger partial charge in [0.05, 0.1) is 79.6 Å². The minimum atomic E-state index is -2.16. The van der Waals surface area contributed by atoms with Crippen molar-refractivity contribution < 1.29 is 97.3 Å². The third-order valence-corrected chi connectivity index (χ3v) is 17.3. The number of hydrogen-bond donors (Lipinski definition) is 6. The maximum atomic E-state index is 14.1. The molecule has 2 spiro atoms. The van der Waals surface area contributed by atoms with Crippen molar-refractivity contribution in [2.24, 2.45) is 0 Å². The van der Waals surface area contributed by atoms with Gasteiger partial charge in [-0.15, -0.1) is 0 Å². The van der Waals surface area contributed by atoms with Crippen LogP contribution < -0.4 is 37.9 Å². The molecule has 7 aliphatic heterocycles. The SMILES string of the molecule is CC(=O)c1ccc2c(c1O)-c1c(O)ccc(C(=O)O)c1[C@@]1(C[C@]3(C)Oc4ccc(C(C)=O)c5c4-c4c(ccc(c43)O1)Oc1ccc3c4c1-c1c(ccc(C(C)=O)c1O5)O[C@@]4(C)C[C@@]1(Oc4ccc(C(C)=O)c(O)c4-c4c(O)ccc(C(=O)O)c41)O3)O2. The molecule has 0 bridgehead atoms. The van der Waals surface area contributed by atoms with Gasteiger partial charge in [-0.2, -0.15) is 0 Å². The van der Waals surface area contributed by atoms with Gasteiger partial charge in [-0.05, 0) is 139 Å². The highest BCUT2D eigenvalue weighted by Crippen LogP contribution is 2.69. The fraction of sp³-hybridized carbons (Fsp3) is 0.182. The lowest BCUT2D eigenvalue weighted by molar-refractivity contribution is -0.181. The van der Waals surface area contributed by atoms with Gasteiger partial charge in [0.15, 0.2) is 23.1 Å². The van der Waals surface area contributed by atoms with Crippen molar-refractivity contribution in [3.05, 3.63) is 153 Å². The molecule has 8 aromatic rings. The Labute approximate surface area is 485 Å². The number of hydrogen-bond acceptors (Lipinski definition) is 18. The number of benzene rings is 8. The summed E-state index contributed by atoms with van der Waals surface area (Å²) in [5.74, 6) is -10.9. The van der Waals surface area contributed by atoms with E-state index in [1.54, 1.807) is 50.2 Å². The van der Waals surface area contributed by atoms with Crippen LogP contribution in [0.5, 0.6) is 80.5 Å². The summed E-state index contributed by atoms with van der Waals surface area (Å²) in [6, 6.07) is 22.6. The summed E-state index contributed by atoms with van der Waals surface area (Å²) >= 11 is 0. The summed E-state index contributed by atoms with van der Waals surface area (Å²) in [6.45, 7) is 8.59. The van der Waals surface area contributed by atoms with E-state index >= 15 is 0 Å². The fourth-order valence-corrected chi connectivity index (χ4v) is 14.0. The van der Waals surface area contributed by atoms with Crippen LogP contribution in [0.4, 0.5) is 0 Å². The first-order chi connectivity index (χ1) is 40.9. The smallest absolute Gasteiger partial charge is 0.336 e. The van der Waals surface area contributed by atoms with Crippen molar-refractivity contribution in [3.63, 3.8) is 0 Å². The Morgan fingerprint density at radius 1 is 0.337 bits per heavy atom. The number of carbonyl (C=O) groups excluding carboxylic acids is 4. The Hall–Kier alpha value is -11.0. The largest absolute Gasteiger partial charge is 0.507 e. The molecule has 0 aliphatic carbocycles. The van der Waals surface area contributed by atoms with Crippen molar-refractivity contribution in [2.45, 2.75) is 77.2 Å². The first-order valence-corrected chi connectivity index (χ1v) is 27.0. The first-order valence-electron chi connectivity index (χ1n) is 27.0. The molecule has 0 amide bonds. The normalized spacial score (nSPS) is 20.9. The summed E-state index contributed by atoms with van der Waals surface area (Å²) < 4.78 is 56.4. The number of aromatic hydroxyl groups is 4. The quantitative estimate of drug-likeness (QED) is 0.0843. The van der Waals surface area contributed by atoms with E-state index in [2.05, 4.69) is 0 Å². The lowest BCUT2D eigenvalue weighted by Gasteiger charge is -2.51. The molecule has 0 fully saturated rings. The number of ether oxygens (including phenoxy) is 8. The number of carboxylic acids is 2. The van der Waals surface area contributed by atoms with E-state index in [4.69, 9.17) is 37.9 Å². The van der Waals surface area contributed by atoms with Gasteiger partial charge in [-0.3, -0.25) is 19.2 Å². The second-order valence-electron chi connectivity index (χ2n) is 22.7. The predicted molar refractivity (Wildman–Crippen MR) is 299 cm³/mol. The summed E-state index contributed by atoms with van der Waals surface area (Å²) in [4.78, 5) is 80.4. The van der Waals surface area contributed by atoms with Crippen LogP contribution >= 0.6 is 0 Å². The van der Waals surface area contributed by atoms with Crippen molar-refractivity contribution >= 4 is 35.1 Å². The third kappa shape index (κ3) is 6.62. The average molecular weight is 1160 g/mol. The molecule has 6 N–H and O–H groups in total. The lowest BCUT2D eigenvalue weighted by atomic mass is 9.73. The van der Waals surface area contributed by atoms with E-state index in [0.717, 1.165) is 12.1 Å². The molecule has 0 unspecified atom stereocenters. The number of aromatic carboxylic acids is 2. The molecule has 15 rings (SSSR count). The minimum Gasteiger partial charge on any atom is -0.507 e. The van der Waals surface area contributed by atoms with Crippen LogP contribution in [-0.2, 0) is 22.8 Å². The van der Waals surface area contributed by atoms with Crippen molar-refractivity contribution in [3.8, 4) is 125 Å². The van der Waals surface area contributed by atoms with Gasteiger partial charge in [-0.25, -0.2) is 9.59 Å². The zero-order valence-corrected chi connectivity index (χ0v) is 46.1. The van der Waals surface area contributed by atoms with Gasteiger partial charge >= 0.3 is 11.9 Å². The van der Waals surface area contributed by atoms with Gasteiger partial charge < -0.3 is 68.5 Å². The molecule has 7 aliphatic rings. The molecule has 0 saturated carbocycles. The van der Waals surface area contributed by atoms with E-state index in [1.165, 1.54) is 76.2 Å². The van der Waals surface area contributed by atoms with Crippen LogP contribution in [0.1, 0.15) is 139 Å². The van der Waals surface area contributed by atoms with Gasteiger partial charge in [0, 0.05) is 33.4 Å². The highest BCUT2D eigenvalue weighted by molar-refractivity contribution is 6.08. The van der Waals surface area contributed by atoms with Crippen molar-refractivity contribution in [1.82, 2.24) is 0 Å². The van der Waals surface area contributed by atoms with Crippen LogP contribution in [0.25, 0.3) is 44.5 Å². The Morgan fingerprint density at radius 2 is 0.651 bits per heavy atom. The van der Waals surface area contributed by atoms with E-state index in [1.807, 2.05) is 0 Å². The Bertz CT molecular complexity index is 4380. The zero-order valence-electron chi connectivity index (χ0n) is 46.1. The van der Waals surface area contributed by atoms with Crippen LogP contribution in [0, 0.1) is 0 Å². The predicted octanol–water partition coefficient (Wildman–Crippen LogP) is 12.6. The number of phenolic OH excluding ortho intramolecular Hbond substituents is 4.